The Balaban J connectivity index is 2.17. The molecule has 18 heavy (non-hydrogen) atoms. The number of nitrogens with zero attached hydrogens (tertiary/aromatic N) is 2. The second kappa shape index (κ2) is 4.32. The van der Waals surface area contributed by atoms with Gasteiger partial charge < -0.3 is 4.90 Å². The van der Waals surface area contributed by atoms with Gasteiger partial charge in [-0.2, -0.15) is 8.78 Å². The Morgan fingerprint density at radius 1 is 1.28 bits per heavy atom. The van der Waals surface area contributed by atoms with Gasteiger partial charge in [-0.1, -0.05) is 0 Å². The van der Waals surface area contributed by atoms with Gasteiger partial charge in [0.05, 0.1) is 11.5 Å². The number of hydrogen-bond acceptors (Lipinski definition) is 4. The van der Waals surface area contributed by atoms with E-state index in [9.17, 15) is 23.7 Å². The van der Waals surface area contributed by atoms with Crippen molar-refractivity contribution in [2.24, 2.45) is 0 Å². The molecule has 0 N–H and O–H groups in total. The number of nitro benzene ring substituents is 1. The molecule has 5 nitrogen and oxygen atoms in total. The van der Waals surface area contributed by atoms with Gasteiger partial charge in [0.25, 0.3) is 5.69 Å². The van der Waals surface area contributed by atoms with Gasteiger partial charge in [-0.05, 0) is 12.1 Å². The summed E-state index contributed by atoms with van der Waals surface area (Å²) in [7, 11) is 0. The molecule has 1 aliphatic rings. The first-order chi connectivity index (χ1) is 8.40. The monoisotopic (exact) mass is 256 g/mol. The summed E-state index contributed by atoms with van der Waals surface area (Å²) in [6, 6.07) is 5.32. The second-order valence-electron chi connectivity index (χ2n) is 4.07. The summed E-state index contributed by atoms with van der Waals surface area (Å²) in [4.78, 5) is 22.2. The number of Topliss-reactive ketones (excluding diaryl/α,β-unsaturated/α-hetero) is 1. The first kappa shape index (κ1) is 12.4. The zero-order valence-electron chi connectivity index (χ0n) is 9.31. The van der Waals surface area contributed by atoms with E-state index in [0.717, 1.165) is 0 Å². The Labute approximate surface area is 101 Å². The molecule has 7 heteroatoms. The third-order valence-electron chi connectivity index (χ3n) is 2.83. The number of rotatable bonds is 2. The van der Waals surface area contributed by atoms with Crippen LogP contribution in [-0.4, -0.2) is 29.7 Å². The SMILES string of the molecule is O=C1CCN(c2ccc([N+](=O)[O-])cc2)CC1(F)F. The van der Waals surface area contributed by atoms with Crippen molar-refractivity contribution in [1.82, 2.24) is 0 Å². The smallest absolute Gasteiger partial charge is 0.322 e. The van der Waals surface area contributed by atoms with E-state index in [0.29, 0.717) is 5.69 Å². The van der Waals surface area contributed by atoms with Gasteiger partial charge in [0.15, 0.2) is 0 Å². The highest BCUT2D eigenvalue weighted by molar-refractivity contribution is 5.88. The van der Waals surface area contributed by atoms with Crippen LogP contribution in [0.15, 0.2) is 24.3 Å². The lowest BCUT2D eigenvalue weighted by Gasteiger charge is -2.32. The molecule has 1 aromatic rings. The maximum atomic E-state index is 13.2. The third kappa shape index (κ3) is 2.29. The van der Waals surface area contributed by atoms with Gasteiger partial charge in [-0.15, -0.1) is 0 Å². The van der Waals surface area contributed by atoms with E-state index < -0.39 is 23.2 Å². The number of alkyl halides is 2. The van der Waals surface area contributed by atoms with E-state index in [-0.39, 0.29) is 18.7 Å². The fourth-order valence-corrected chi connectivity index (χ4v) is 1.83. The zero-order chi connectivity index (χ0) is 13.3. The topological polar surface area (TPSA) is 63.5 Å². The highest BCUT2D eigenvalue weighted by Gasteiger charge is 2.43. The molecule has 0 saturated carbocycles. The number of ketones is 1. The maximum Gasteiger partial charge on any atom is 0.322 e. The minimum Gasteiger partial charge on any atom is -0.365 e. The van der Waals surface area contributed by atoms with Gasteiger partial charge in [-0.3, -0.25) is 14.9 Å². The lowest BCUT2D eigenvalue weighted by molar-refractivity contribution is -0.384. The van der Waals surface area contributed by atoms with Crippen LogP contribution < -0.4 is 4.90 Å². The summed E-state index contributed by atoms with van der Waals surface area (Å²) in [5.74, 6) is -4.40. The van der Waals surface area contributed by atoms with Crippen molar-refractivity contribution in [3.8, 4) is 0 Å². The fourth-order valence-electron chi connectivity index (χ4n) is 1.83. The van der Waals surface area contributed by atoms with E-state index >= 15 is 0 Å². The molecule has 0 atom stereocenters. The molecule has 96 valence electrons. The summed E-state index contributed by atoms with van der Waals surface area (Å²) >= 11 is 0. The average molecular weight is 256 g/mol. The largest absolute Gasteiger partial charge is 0.365 e. The summed E-state index contributed by atoms with van der Waals surface area (Å²) in [6.07, 6.45) is -0.218. The number of benzene rings is 1. The minimum absolute atomic E-state index is 0.0985. The molecule has 2 rings (SSSR count). The number of piperidine rings is 1. The molecule has 0 aliphatic carbocycles. The maximum absolute atomic E-state index is 13.2. The molecular weight excluding hydrogens is 246 g/mol. The number of non-ortho nitro benzene ring substituents is 1. The Morgan fingerprint density at radius 2 is 1.89 bits per heavy atom. The van der Waals surface area contributed by atoms with Crippen LogP contribution in [0.2, 0.25) is 0 Å². The summed E-state index contributed by atoms with van der Waals surface area (Å²) in [5, 5.41) is 10.5. The highest BCUT2D eigenvalue weighted by atomic mass is 19.3. The number of carbonyl (C=O) groups is 1. The van der Waals surface area contributed by atoms with Gasteiger partial charge in [0.1, 0.15) is 0 Å². The zero-order valence-corrected chi connectivity index (χ0v) is 9.31. The number of halogens is 2. The summed E-state index contributed by atoms with van der Waals surface area (Å²) < 4.78 is 26.5. The molecule has 1 aliphatic heterocycles. The van der Waals surface area contributed by atoms with Crippen LogP contribution in [0.1, 0.15) is 6.42 Å². The van der Waals surface area contributed by atoms with Crippen molar-refractivity contribution >= 4 is 17.2 Å². The van der Waals surface area contributed by atoms with Crippen LogP contribution in [0.5, 0.6) is 0 Å². The lowest BCUT2D eigenvalue weighted by atomic mass is 10.0. The van der Waals surface area contributed by atoms with E-state index in [1.807, 2.05) is 0 Å². The molecular formula is C11H10F2N2O3. The van der Waals surface area contributed by atoms with Crippen LogP contribution in [0.25, 0.3) is 0 Å². The Morgan fingerprint density at radius 3 is 2.39 bits per heavy atom. The van der Waals surface area contributed by atoms with Gasteiger partial charge >= 0.3 is 5.92 Å². The highest BCUT2D eigenvalue weighted by Crippen LogP contribution is 2.28. The van der Waals surface area contributed by atoms with Crippen molar-refractivity contribution in [1.29, 1.82) is 0 Å². The first-order valence-electron chi connectivity index (χ1n) is 5.31. The molecule has 0 radical (unpaired) electrons. The molecule has 0 bridgehead atoms. The van der Waals surface area contributed by atoms with E-state index in [4.69, 9.17) is 0 Å². The van der Waals surface area contributed by atoms with Crippen LogP contribution in [0, 0.1) is 10.1 Å². The van der Waals surface area contributed by atoms with E-state index in [1.165, 1.54) is 29.2 Å². The van der Waals surface area contributed by atoms with Crippen LogP contribution in [0.4, 0.5) is 20.2 Å². The van der Waals surface area contributed by atoms with Crippen molar-refractivity contribution in [3.05, 3.63) is 34.4 Å². The predicted octanol–water partition coefficient (Wildman–Crippen LogP) is 2.01. The quantitative estimate of drug-likeness (QED) is 0.599. The lowest BCUT2D eigenvalue weighted by Crippen LogP contribution is -2.49. The van der Waals surface area contributed by atoms with Crippen molar-refractivity contribution < 1.29 is 18.5 Å². The number of nitro groups is 1. The normalized spacial score (nSPS) is 18.8. The Hall–Kier alpha value is -2.05. The fraction of sp³-hybridized carbons (Fsp3) is 0.364. The van der Waals surface area contributed by atoms with E-state index in [1.54, 1.807) is 0 Å². The number of carbonyl (C=O) groups excluding carboxylic acids is 1. The molecule has 1 aromatic carbocycles. The molecule has 0 amide bonds. The standard InChI is InChI=1S/C11H10F2N2O3/c12-11(13)7-14(6-5-10(11)16)8-1-3-9(4-2-8)15(17)18/h1-4H,5-7H2. The molecule has 1 fully saturated rings. The Kier molecular flexibility index (Phi) is 2.98. The van der Waals surface area contributed by atoms with Crippen molar-refractivity contribution in [2.75, 3.05) is 18.0 Å². The molecule has 0 aromatic heterocycles. The molecule has 0 spiro atoms. The molecule has 1 saturated heterocycles. The van der Waals surface area contributed by atoms with Crippen LogP contribution >= 0.6 is 0 Å². The number of anilines is 1. The van der Waals surface area contributed by atoms with Gasteiger partial charge in [0, 0.05) is 30.8 Å². The number of hydrogen-bond donors (Lipinski definition) is 0. The molecule has 1 heterocycles. The molecule has 0 unspecified atom stereocenters. The van der Waals surface area contributed by atoms with E-state index in [2.05, 4.69) is 0 Å². The van der Waals surface area contributed by atoms with Crippen LogP contribution in [0.3, 0.4) is 0 Å². The van der Waals surface area contributed by atoms with Crippen molar-refractivity contribution in [2.45, 2.75) is 12.3 Å². The second-order valence-corrected chi connectivity index (χ2v) is 4.07. The summed E-state index contributed by atoms with van der Waals surface area (Å²) in [6.45, 7) is -0.476. The average Bonchev–Trinajstić information content (AvgIpc) is 2.33. The van der Waals surface area contributed by atoms with Crippen molar-refractivity contribution in [3.63, 3.8) is 0 Å². The van der Waals surface area contributed by atoms with Crippen LogP contribution in [-0.2, 0) is 4.79 Å². The van der Waals surface area contributed by atoms with Gasteiger partial charge in [-0.25, -0.2) is 0 Å². The van der Waals surface area contributed by atoms with Gasteiger partial charge in [0.2, 0.25) is 5.78 Å². The third-order valence-corrected chi connectivity index (χ3v) is 2.83. The summed E-state index contributed by atoms with van der Waals surface area (Å²) in [5.41, 5.74) is 0.353. The Bertz CT molecular complexity index is 488. The first-order valence-corrected chi connectivity index (χ1v) is 5.31. The minimum atomic E-state index is -3.35. The predicted molar refractivity (Wildman–Crippen MR) is 59.9 cm³/mol.